The third kappa shape index (κ3) is 5.48. The van der Waals surface area contributed by atoms with E-state index in [1.807, 2.05) is 26.0 Å². The van der Waals surface area contributed by atoms with E-state index in [1.54, 1.807) is 24.4 Å². The van der Waals surface area contributed by atoms with E-state index in [9.17, 15) is 4.79 Å². The van der Waals surface area contributed by atoms with Crippen LogP contribution in [0.3, 0.4) is 0 Å². The number of aryl methyl sites for hydroxylation is 2. The molecule has 0 atom stereocenters. The van der Waals surface area contributed by atoms with Gasteiger partial charge in [-0.1, -0.05) is 28.4 Å². The molecule has 8 nitrogen and oxygen atoms in total. The molecule has 0 amide bonds. The van der Waals surface area contributed by atoms with Gasteiger partial charge >= 0.3 is 5.97 Å². The van der Waals surface area contributed by atoms with E-state index < -0.39 is 5.97 Å². The summed E-state index contributed by atoms with van der Waals surface area (Å²) in [5.41, 5.74) is 8.16. The lowest BCUT2D eigenvalue weighted by atomic mass is 10.1. The highest BCUT2D eigenvalue weighted by atomic mass is 35.5. The Bertz CT molecular complexity index is 1120. The van der Waals surface area contributed by atoms with E-state index in [2.05, 4.69) is 10.3 Å². The molecule has 0 saturated heterocycles. The maximum Gasteiger partial charge on any atom is 0.385 e. The predicted octanol–water partition coefficient (Wildman–Crippen LogP) is 4.33. The summed E-state index contributed by atoms with van der Waals surface area (Å²) in [5, 5.41) is 8.92. The van der Waals surface area contributed by atoms with Crippen LogP contribution in [0.15, 0.2) is 47.8 Å². The van der Waals surface area contributed by atoms with Gasteiger partial charge in [0.25, 0.3) is 0 Å². The Morgan fingerprint density at radius 3 is 2.55 bits per heavy atom. The zero-order valence-corrected chi connectivity index (χ0v) is 18.6. The van der Waals surface area contributed by atoms with Crippen molar-refractivity contribution in [3.8, 4) is 11.5 Å². The molecular formula is C21H20Cl2N4O4. The predicted molar refractivity (Wildman–Crippen MR) is 118 cm³/mol. The first kappa shape index (κ1) is 22.5. The molecule has 2 N–H and O–H groups in total. The van der Waals surface area contributed by atoms with Crippen molar-refractivity contribution >= 4 is 35.0 Å². The number of nitrogens with two attached hydrogens (primary N) is 1. The van der Waals surface area contributed by atoms with Gasteiger partial charge in [-0.15, -0.1) is 0 Å². The fourth-order valence-corrected chi connectivity index (χ4v) is 3.02. The second-order valence-corrected chi connectivity index (χ2v) is 7.40. The molecule has 0 bridgehead atoms. The highest BCUT2D eigenvalue weighted by Crippen LogP contribution is 2.26. The van der Waals surface area contributed by atoms with Gasteiger partial charge in [-0.3, -0.25) is 0 Å². The topological polar surface area (TPSA) is 101 Å². The Morgan fingerprint density at radius 1 is 1.16 bits per heavy atom. The standard InChI is InChI=1S/C21H20Cl2N4O4/c1-12-8-15(9-13(2)19(12)23)30-11-27-7-6-17(25-27)21(28)31-26-20(24)16-10-14(22)4-5-18(16)29-3/h4-10H,11H2,1-3H3,(H2,24,26). The molecule has 1 heterocycles. The quantitative estimate of drug-likeness (QED) is 0.242. The summed E-state index contributed by atoms with van der Waals surface area (Å²) < 4.78 is 12.4. The van der Waals surface area contributed by atoms with Gasteiger partial charge in [0, 0.05) is 16.2 Å². The second-order valence-electron chi connectivity index (χ2n) is 6.58. The third-order valence-electron chi connectivity index (χ3n) is 4.29. The third-order valence-corrected chi connectivity index (χ3v) is 5.12. The van der Waals surface area contributed by atoms with Crippen molar-refractivity contribution in [3.05, 3.63) is 75.0 Å². The van der Waals surface area contributed by atoms with Crippen LogP contribution in [-0.2, 0) is 11.6 Å². The van der Waals surface area contributed by atoms with Crippen LogP contribution in [0.4, 0.5) is 0 Å². The Morgan fingerprint density at radius 2 is 1.87 bits per heavy atom. The monoisotopic (exact) mass is 462 g/mol. The van der Waals surface area contributed by atoms with Gasteiger partial charge in [-0.05, 0) is 61.4 Å². The number of halogens is 2. The van der Waals surface area contributed by atoms with E-state index in [0.717, 1.165) is 11.1 Å². The lowest BCUT2D eigenvalue weighted by Crippen LogP contribution is -2.16. The van der Waals surface area contributed by atoms with Gasteiger partial charge in [0.2, 0.25) is 0 Å². The van der Waals surface area contributed by atoms with Crippen molar-refractivity contribution in [3.63, 3.8) is 0 Å². The average Bonchev–Trinajstić information content (AvgIpc) is 3.23. The molecule has 162 valence electrons. The highest BCUT2D eigenvalue weighted by molar-refractivity contribution is 6.32. The summed E-state index contributed by atoms with van der Waals surface area (Å²) >= 11 is 12.1. The largest absolute Gasteiger partial charge is 0.496 e. The molecule has 0 aliphatic rings. The molecule has 0 radical (unpaired) electrons. The normalized spacial score (nSPS) is 11.3. The Hall–Kier alpha value is -3.23. The van der Waals surface area contributed by atoms with E-state index in [0.29, 0.717) is 27.1 Å². The molecule has 0 spiro atoms. The molecule has 0 saturated carbocycles. The summed E-state index contributed by atoms with van der Waals surface area (Å²) in [5.74, 6) is 0.243. The number of amidine groups is 1. The Kier molecular flexibility index (Phi) is 7.04. The van der Waals surface area contributed by atoms with Crippen LogP contribution in [-0.4, -0.2) is 28.7 Å². The van der Waals surface area contributed by atoms with Crippen LogP contribution in [0, 0.1) is 13.8 Å². The number of carbonyl (C=O) groups is 1. The van der Waals surface area contributed by atoms with Crippen LogP contribution >= 0.6 is 23.2 Å². The number of hydrogen-bond acceptors (Lipinski definition) is 6. The summed E-state index contributed by atoms with van der Waals surface area (Å²) in [6.45, 7) is 3.89. The molecule has 0 unspecified atom stereocenters. The molecular weight excluding hydrogens is 443 g/mol. The molecule has 2 aromatic carbocycles. The minimum Gasteiger partial charge on any atom is -0.496 e. The number of benzene rings is 2. The fourth-order valence-electron chi connectivity index (χ4n) is 2.74. The van der Waals surface area contributed by atoms with E-state index in [-0.39, 0.29) is 18.3 Å². The zero-order valence-electron chi connectivity index (χ0n) is 17.1. The number of aromatic nitrogens is 2. The number of methoxy groups -OCH3 is 1. The molecule has 0 aliphatic heterocycles. The van der Waals surface area contributed by atoms with Crippen molar-refractivity contribution in [1.29, 1.82) is 0 Å². The average molecular weight is 463 g/mol. The Labute approximate surface area is 189 Å². The van der Waals surface area contributed by atoms with Crippen molar-refractivity contribution in [2.45, 2.75) is 20.6 Å². The summed E-state index contributed by atoms with van der Waals surface area (Å²) in [6.07, 6.45) is 1.58. The maximum absolute atomic E-state index is 12.2. The Balaban J connectivity index is 1.64. The number of carbonyl (C=O) groups excluding carboxylic acids is 1. The zero-order chi connectivity index (χ0) is 22.5. The first-order valence-electron chi connectivity index (χ1n) is 9.10. The molecule has 0 aliphatic carbocycles. The van der Waals surface area contributed by atoms with Crippen molar-refractivity contribution in [2.75, 3.05) is 7.11 Å². The van der Waals surface area contributed by atoms with E-state index >= 15 is 0 Å². The van der Waals surface area contributed by atoms with Crippen LogP contribution in [0.5, 0.6) is 11.5 Å². The molecule has 0 fully saturated rings. The maximum atomic E-state index is 12.2. The van der Waals surface area contributed by atoms with Crippen molar-refractivity contribution in [1.82, 2.24) is 9.78 Å². The molecule has 3 rings (SSSR count). The van der Waals surface area contributed by atoms with Crippen LogP contribution < -0.4 is 15.2 Å². The van der Waals surface area contributed by atoms with Gasteiger partial charge in [-0.2, -0.15) is 5.10 Å². The van der Waals surface area contributed by atoms with E-state index in [4.69, 9.17) is 43.2 Å². The number of oxime groups is 1. The van der Waals surface area contributed by atoms with Gasteiger partial charge in [0.15, 0.2) is 18.3 Å². The summed E-state index contributed by atoms with van der Waals surface area (Å²) in [4.78, 5) is 17.1. The second kappa shape index (κ2) is 9.72. The van der Waals surface area contributed by atoms with Gasteiger partial charge < -0.3 is 20.0 Å². The first-order valence-corrected chi connectivity index (χ1v) is 9.85. The van der Waals surface area contributed by atoms with Crippen molar-refractivity contribution in [2.24, 2.45) is 10.9 Å². The fraction of sp³-hybridized carbons (Fsp3) is 0.190. The molecule has 1 aromatic heterocycles. The number of rotatable bonds is 7. The van der Waals surface area contributed by atoms with Gasteiger partial charge in [0.05, 0.1) is 12.7 Å². The minimum atomic E-state index is -0.777. The van der Waals surface area contributed by atoms with Crippen LogP contribution in [0.1, 0.15) is 27.2 Å². The number of ether oxygens (including phenoxy) is 2. The minimum absolute atomic E-state index is 0.0432. The lowest BCUT2D eigenvalue weighted by Gasteiger charge is -2.10. The highest BCUT2D eigenvalue weighted by Gasteiger charge is 2.14. The van der Waals surface area contributed by atoms with Crippen LogP contribution in [0.2, 0.25) is 10.0 Å². The van der Waals surface area contributed by atoms with Gasteiger partial charge in [0.1, 0.15) is 11.5 Å². The smallest absolute Gasteiger partial charge is 0.385 e. The SMILES string of the molecule is COc1ccc(Cl)cc1/C(N)=N/OC(=O)c1ccn(COc2cc(C)c(Cl)c(C)c2)n1. The molecule has 3 aromatic rings. The van der Waals surface area contributed by atoms with Crippen molar-refractivity contribution < 1.29 is 19.1 Å². The first-order chi connectivity index (χ1) is 14.8. The summed E-state index contributed by atoms with van der Waals surface area (Å²) in [6, 6.07) is 9.97. The van der Waals surface area contributed by atoms with Crippen LogP contribution in [0.25, 0.3) is 0 Å². The summed E-state index contributed by atoms with van der Waals surface area (Å²) in [7, 11) is 1.48. The number of hydrogen-bond donors (Lipinski definition) is 1. The van der Waals surface area contributed by atoms with E-state index in [1.165, 1.54) is 17.9 Å². The number of nitrogens with zero attached hydrogens (tertiary/aromatic N) is 3. The molecule has 10 heteroatoms. The lowest BCUT2D eigenvalue weighted by molar-refractivity contribution is 0.0507. The van der Waals surface area contributed by atoms with Gasteiger partial charge in [-0.25, -0.2) is 9.48 Å². The molecule has 31 heavy (non-hydrogen) atoms.